The molecule has 0 amide bonds. The number of thiophene rings is 1. The minimum atomic E-state index is 1.30. The van der Waals surface area contributed by atoms with Gasteiger partial charge in [0, 0.05) is 9.58 Å². The summed E-state index contributed by atoms with van der Waals surface area (Å²) in [6.07, 6.45) is 0. The number of hydrogen-bond acceptors (Lipinski definition) is 1. The molecule has 90 valence electrons. The van der Waals surface area contributed by atoms with Crippen LogP contribution >= 0.6 is 11.3 Å². The first-order valence-corrected chi connectivity index (χ1v) is 7.19. The molecule has 0 saturated carbocycles. The van der Waals surface area contributed by atoms with Crippen LogP contribution in [-0.2, 0) is 0 Å². The van der Waals surface area contributed by atoms with Gasteiger partial charge >= 0.3 is 0 Å². The predicted octanol–water partition coefficient (Wildman–Crippen LogP) is 5.72. The minimum absolute atomic E-state index is 1.30. The van der Waals surface area contributed by atoms with E-state index in [0.29, 0.717) is 0 Å². The van der Waals surface area contributed by atoms with Crippen LogP contribution in [0.1, 0.15) is 0 Å². The lowest BCUT2D eigenvalue weighted by Gasteiger charge is -2.01. The van der Waals surface area contributed by atoms with Gasteiger partial charge in [-0.1, -0.05) is 54.6 Å². The van der Waals surface area contributed by atoms with Gasteiger partial charge in [-0.25, -0.2) is 0 Å². The van der Waals surface area contributed by atoms with Crippen molar-refractivity contribution in [1.29, 1.82) is 0 Å². The van der Waals surface area contributed by atoms with Gasteiger partial charge in [0.15, 0.2) is 0 Å². The second-order valence-corrected chi connectivity index (χ2v) is 5.79. The molecule has 4 aromatic rings. The lowest BCUT2D eigenvalue weighted by atomic mass is 10.1. The SMILES string of the molecule is c1ccc2cc(-c3cc4ccccc4s3)ccc2c1. The summed E-state index contributed by atoms with van der Waals surface area (Å²) >= 11 is 1.86. The van der Waals surface area contributed by atoms with Gasteiger partial charge in [-0.3, -0.25) is 0 Å². The van der Waals surface area contributed by atoms with Crippen LogP contribution in [0.25, 0.3) is 31.3 Å². The van der Waals surface area contributed by atoms with E-state index in [1.165, 1.54) is 31.3 Å². The van der Waals surface area contributed by atoms with E-state index in [2.05, 4.69) is 72.8 Å². The van der Waals surface area contributed by atoms with Crippen molar-refractivity contribution in [3.8, 4) is 10.4 Å². The van der Waals surface area contributed by atoms with Crippen LogP contribution in [0.5, 0.6) is 0 Å². The van der Waals surface area contributed by atoms with Gasteiger partial charge in [0.25, 0.3) is 0 Å². The van der Waals surface area contributed by atoms with Crippen molar-refractivity contribution in [2.24, 2.45) is 0 Å². The van der Waals surface area contributed by atoms with E-state index in [9.17, 15) is 0 Å². The Morgan fingerprint density at radius 1 is 0.579 bits per heavy atom. The number of rotatable bonds is 1. The first-order valence-electron chi connectivity index (χ1n) is 6.38. The third-order valence-electron chi connectivity index (χ3n) is 3.46. The average molecular weight is 260 g/mol. The van der Waals surface area contributed by atoms with Gasteiger partial charge in [0.05, 0.1) is 0 Å². The molecule has 19 heavy (non-hydrogen) atoms. The topological polar surface area (TPSA) is 0 Å². The predicted molar refractivity (Wildman–Crippen MR) is 84.8 cm³/mol. The summed E-state index contributed by atoms with van der Waals surface area (Å²) in [6.45, 7) is 0. The Bertz CT molecular complexity index is 838. The van der Waals surface area contributed by atoms with Crippen LogP contribution < -0.4 is 0 Å². The molecule has 1 heteroatoms. The van der Waals surface area contributed by atoms with E-state index in [0.717, 1.165) is 0 Å². The smallest absolute Gasteiger partial charge is 0.0355 e. The summed E-state index contributed by atoms with van der Waals surface area (Å²) in [5, 5.41) is 3.93. The molecule has 0 saturated heterocycles. The van der Waals surface area contributed by atoms with Crippen molar-refractivity contribution in [3.63, 3.8) is 0 Å². The maximum absolute atomic E-state index is 2.28. The Morgan fingerprint density at radius 3 is 2.16 bits per heavy atom. The lowest BCUT2D eigenvalue weighted by Crippen LogP contribution is -1.74. The van der Waals surface area contributed by atoms with Crippen LogP contribution in [0.2, 0.25) is 0 Å². The van der Waals surface area contributed by atoms with E-state index in [4.69, 9.17) is 0 Å². The van der Waals surface area contributed by atoms with Crippen molar-refractivity contribution >= 4 is 32.2 Å². The number of benzene rings is 3. The van der Waals surface area contributed by atoms with Crippen LogP contribution in [0, 0.1) is 0 Å². The van der Waals surface area contributed by atoms with E-state index in [-0.39, 0.29) is 0 Å². The van der Waals surface area contributed by atoms with Crippen LogP contribution in [0.4, 0.5) is 0 Å². The maximum Gasteiger partial charge on any atom is 0.0355 e. The number of hydrogen-bond donors (Lipinski definition) is 0. The normalized spacial score (nSPS) is 11.2. The van der Waals surface area contributed by atoms with Crippen LogP contribution in [0.3, 0.4) is 0 Å². The Hall–Kier alpha value is -2.12. The highest BCUT2D eigenvalue weighted by molar-refractivity contribution is 7.22. The summed E-state index contributed by atoms with van der Waals surface area (Å²) in [5.41, 5.74) is 1.31. The molecule has 0 bridgehead atoms. The standard InChI is InChI=1S/C18H12S/c1-2-6-14-11-16(10-9-13(14)5-1)18-12-15-7-3-4-8-17(15)19-18/h1-12H. The Labute approximate surface area is 115 Å². The molecule has 0 atom stereocenters. The van der Waals surface area contributed by atoms with Gasteiger partial charge in [-0.15, -0.1) is 11.3 Å². The molecular weight excluding hydrogens is 248 g/mol. The molecule has 0 unspecified atom stereocenters. The van der Waals surface area contributed by atoms with E-state index in [1.807, 2.05) is 11.3 Å². The highest BCUT2D eigenvalue weighted by Crippen LogP contribution is 2.34. The Kier molecular flexibility index (Phi) is 2.39. The summed E-state index contributed by atoms with van der Waals surface area (Å²) < 4.78 is 1.35. The second-order valence-electron chi connectivity index (χ2n) is 4.71. The largest absolute Gasteiger partial charge is 0.135 e. The molecule has 0 aliphatic rings. The van der Waals surface area contributed by atoms with Crippen LogP contribution in [0.15, 0.2) is 72.8 Å². The Morgan fingerprint density at radius 2 is 1.32 bits per heavy atom. The summed E-state index contributed by atoms with van der Waals surface area (Å²) in [6, 6.07) is 26.0. The van der Waals surface area contributed by atoms with Gasteiger partial charge in [-0.05, 0) is 39.9 Å². The quantitative estimate of drug-likeness (QED) is 0.410. The third kappa shape index (κ3) is 1.83. The van der Waals surface area contributed by atoms with Crippen molar-refractivity contribution < 1.29 is 0 Å². The first kappa shape index (κ1) is 10.8. The molecule has 4 rings (SSSR count). The molecule has 0 fully saturated rings. The van der Waals surface area contributed by atoms with Crippen LogP contribution in [-0.4, -0.2) is 0 Å². The van der Waals surface area contributed by atoms with Gasteiger partial charge in [0.2, 0.25) is 0 Å². The van der Waals surface area contributed by atoms with E-state index >= 15 is 0 Å². The molecule has 0 N–H and O–H groups in total. The van der Waals surface area contributed by atoms with Crippen molar-refractivity contribution in [3.05, 3.63) is 72.8 Å². The molecule has 0 aliphatic heterocycles. The number of fused-ring (bicyclic) bond motifs is 2. The molecule has 0 spiro atoms. The molecule has 3 aromatic carbocycles. The molecule has 1 heterocycles. The highest BCUT2D eigenvalue weighted by atomic mass is 32.1. The van der Waals surface area contributed by atoms with Crippen molar-refractivity contribution in [2.75, 3.05) is 0 Å². The maximum atomic E-state index is 2.28. The fourth-order valence-electron chi connectivity index (χ4n) is 2.47. The summed E-state index contributed by atoms with van der Waals surface area (Å²) in [7, 11) is 0. The third-order valence-corrected chi connectivity index (χ3v) is 4.62. The monoisotopic (exact) mass is 260 g/mol. The highest BCUT2D eigenvalue weighted by Gasteiger charge is 2.04. The molecular formula is C18H12S. The minimum Gasteiger partial charge on any atom is -0.135 e. The first-order chi connectivity index (χ1) is 9.40. The van der Waals surface area contributed by atoms with Crippen molar-refractivity contribution in [1.82, 2.24) is 0 Å². The summed E-state index contributed by atoms with van der Waals surface area (Å²) in [4.78, 5) is 1.34. The van der Waals surface area contributed by atoms with Gasteiger partial charge in [-0.2, -0.15) is 0 Å². The van der Waals surface area contributed by atoms with E-state index < -0.39 is 0 Å². The fraction of sp³-hybridized carbons (Fsp3) is 0. The second kappa shape index (κ2) is 4.22. The fourth-order valence-corrected chi connectivity index (χ4v) is 3.53. The molecule has 0 nitrogen and oxygen atoms in total. The molecule has 1 aromatic heterocycles. The van der Waals surface area contributed by atoms with Crippen molar-refractivity contribution in [2.45, 2.75) is 0 Å². The van der Waals surface area contributed by atoms with Gasteiger partial charge < -0.3 is 0 Å². The van der Waals surface area contributed by atoms with E-state index in [1.54, 1.807) is 0 Å². The zero-order valence-electron chi connectivity index (χ0n) is 10.3. The summed E-state index contributed by atoms with van der Waals surface area (Å²) in [5.74, 6) is 0. The Balaban J connectivity index is 1.93. The zero-order chi connectivity index (χ0) is 12.7. The van der Waals surface area contributed by atoms with Gasteiger partial charge in [0.1, 0.15) is 0 Å². The average Bonchev–Trinajstić information content (AvgIpc) is 2.90. The zero-order valence-corrected chi connectivity index (χ0v) is 11.2. The molecule has 0 aliphatic carbocycles. The molecule has 0 radical (unpaired) electrons. The lowest BCUT2D eigenvalue weighted by molar-refractivity contribution is 1.74.